The lowest BCUT2D eigenvalue weighted by molar-refractivity contribution is -0.142. The highest BCUT2D eigenvalue weighted by Gasteiger charge is 2.53. The van der Waals surface area contributed by atoms with Crippen molar-refractivity contribution in [2.45, 2.75) is 32.7 Å². The van der Waals surface area contributed by atoms with Crippen molar-refractivity contribution < 1.29 is 14.7 Å². The molecule has 108 valence electrons. The molecule has 1 aliphatic carbocycles. The summed E-state index contributed by atoms with van der Waals surface area (Å²) >= 11 is 5.78. The summed E-state index contributed by atoms with van der Waals surface area (Å²) < 4.78 is 0. The van der Waals surface area contributed by atoms with Gasteiger partial charge in [-0.05, 0) is 36.0 Å². The van der Waals surface area contributed by atoms with Crippen LogP contribution in [0.25, 0.3) is 0 Å². The van der Waals surface area contributed by atoms with Crippen molar-refractivity contribution in [1.29, 1.82) is 0 Å². The highest BCUT2D eigenvalue weighted by Crippen LogP contribution is 2.54. The topological polar surface area (TPSA) is 66.4 Å². The lowest BCUT2D eigenvalue weighted by Crippen LogP contribution is -2.35. The second kappa shape index (κ2) is 5.44. The van der Waals surface area contributed by atoms with Crippen LogP contribution in [0.2, 0.25) is 5.02 Å². The Bertz CT molecular complexity index is 528. The summed E-state index contributed by atoms with van der Waals surface area (Å²) in [6.07, 6.45) is 1.74. The summed E-state index contributed by atoms with van der Waals surface area (Å²) in [5.74, 6) is -1.34. The smallest absolute Gasteiger partial charge is 0.330 e. The van der Waals surface area contributed by atoms with E-state index in [2.05, 4.69) is 12.2 Å². The largest absolute Gasteiger partial charge is 0.479 e. The third kappa shape index (κ3) is 2.96. The van der Waals surface area contributed by atoms with E-state index >= 15 is 0 Å². The minimum Gasteiger partial charge on any atom is -0.479 e. The van der Waals surface area contributed by atoms with Gasteiger partial charge < -0.3 is 10.4 Å². The summed E-state index contributed by atoms with van der Waals surface area (Å²) in [5.41, 5.74) is 0.543. The summed E-state index contributed by atoms with van der Waals surface area (Å²) in [5, 5.41) is 12.4. The molecule has 2 rings (SSSR count). The van der Waals surface area contributed by atoms with E-state index in [1.165, 1.54) is 0 Å². The Hall–Kier alpha value is -1.55. The second-order valence-electron chi connectivity index (χ2n) is 5.60. The molecule has 20 heavy (non-hydrogen) atoms. The molecule has 1 aromatic rings. The standard InChI is InChI=1S/C15H18ClNO3/c1-3-15(2)8-11(15)13(18)17-12(14(19)20)9-4-6-10(16)7-5-9/h4-7,11-12H,3,8H2,1-2H3,(H,17,18)(H,19,20). The molecule has 1 aromatic carbocycles. The van der Waals surface area contributed by atoms with Gasteiger partial charge in [0.05, 0.1) is 0 Å². The molecule has 0 bridgehead atoms. The number of carbonyl (C=O) groups excluding carboxylic acids is 1. The molecule has 5 heteroatoms. The predicted octanol–water partition coefficient (Wildman–Crippen LogP) is 3.02. The van der Waals surface area contributed by atoms with Crippen LogP contribution in [-0.4, -0.2) is 17.0 Å². The lowest BCUT2D eigenvalue weighted by Gasteiger charge is -2.16. The zero-order valence-electron chi connectivity index (χ0n) is 11.5. The number of hydrogen-bond donors (Lipinski definition) is 2. The van der Waals surface area contributed by atoms with E-state index in [1.54, 1.807) is 24.3 Å². The highest BCUT2D eigenvalue weighted by atomic mass is 35.5. The number of halogens is 1. The quantitative estimate of drug-likeness (QED) is 0.877. The molecule has 4 nitrogen and oxygen atoms in total. The fourth-order valence-corrected chi connectivity index (χ4v) is 2.52. The molecule has 1 fully saturated rings. The monoisotopic (exact) mass is 295 g/mol. The molecule has 1 aliphatic rings. The summed E-state index contributed by atoms with van der Waals surface area (Å²) in [7, 11) is 0. The van der Waals surface area contributed by atoms with Crippen LogP contribution in [0, 0.1) is 11.3 Å². The Kier molecular flexibility index (Phi) is 4.04. The highest BCUT2D eigenvalue weighted by molar-refractivity contribution is 6.30. The number of aliphatic carboxylic acids is 1. The maximum Gasteiger partial charge on any atom is 0.330 e. The van der Waals surface area contributed by atoms with E-state index in [9.17, 15) is 14.7 Å². The van der Waals surface area contributed by atoms with Gasteiger partial charge in [0, 0.05) is 10.9 Å². The molecule has 1 amide bonds. The van der Waals surface area contributed by atoms with Gasteiger partial charge in [-0.2, -0.15) is 0 Å². The van der Waals surface area contributed by atoms with Crippen LogP contribution in [0.4, 0.5) is 0 Å². The Morgan fingerprint density at radius 2 is 2.05 bits per heavy atom. The van der Waals surface area contributed by atoms with Gasteiger partial charge in [0.25, 0.3) is 0 Å². The molecular weight excluding hydrogens is 278 g/mol. The lowest BCUT2D eigenvalue weighted by atomic mass is 10.0. The van der Waals surface area contributed by atoms with Gasteiger partial charge in [0.1, 0.15) is 0 Å². The first-order chi connectivity index (χ1) is 9.37. The van der Waals surface area contributed by atoms with Gasteiger partial charge in [0.2, 0.25) is 5.91 Å². The molecule has 0 aromatic heterocycles. The fourth-order valence-electron chi connectivity index (χ4n) is 2.39. The van der Waals surface area contributed by atoms with Crippen molar-refractivity contribution in [2.75, 3.05) is 0 Å². The molecular formula is C15H18ClNO3. The number of carboxylic acids is 1. The average Bonchev–Trinajstić information content (AvgIpc) is 3.10. The van der Waals surface area contributed by atoms with Crippen LogP contribution in [-0.2, 0) is 9.59 Å². The minimum absolute atomic E-state index is 0.0210. The molecule has 0 heterocycles. The van der Waals surface area contributed by atoms with Crippen LogP contribution < -0.4 is 5.32 Å². The first-order valence-electron chi connectivity index (χ1n) is 6.66. The van der Waals surface area contributed by atoms with Crippen molar-refractivity contribution in [3.63, 3.8) is 0 Å². The molecule has 2 N–H and O–H groups in total. The van der Waals surface area contributed by atoms with Gasteiger partial charge in [-0.25, -0.2) is 4.79 Å². The zero-order valence-corrected chi connectivity index (χ0v) is 12.3. The van der Waals surface area contributed by atoms with Gasteiger partial charge >= 0.3 is 5.97 Å². The summed E-state index contributed by atoms with van der Waals surface area (Å²) in [4.78, 5) is 23.5. The first-order valence-corrected chi connectivity index (χ1v) is 7.04. The van der Waals surface area contributed by atoms with Crippen LogP contribution in [0.15, 0.2) is 24.3 Å². The van der Waals surface area contributed by atoms with Crippen molar-refractivity contribution in [1.82, 2.24) is 5.32 Å². The minimum atomic E-state index is -1.07. The summed E-state index contributed by atoms with van der Waals surface area (Å²) in [6.45, 7) is 4.09. The molecule has 0 saturated heterocycles. The Balaban J connectivity index is 2.09. The number of carboxylic acid groups (broad SMARTS) is 1. The van der Waals surface area contributed by atoms with Crippen LogP contribution in [0.1, 0.15) is 38.3 Å². The number of hydrogen-bond acceptors (Lipinski definition) is 2. The third-order valence-electron chi connectivity index (χ3n) is 4.21. The van der Waals surface area contributed by atoms with Crippen molar-refractivity contribution >= 4 is 23.5 Å². The Labute approximate surface area is 123 Å². The van der Waals surface area contributed by atoms with Crippen molar-refractivity contribution in [2.24, 2.45) is 11.3 Å². The van der Waals surface area contributed by atoms with E-state index in [0.29, 0.717) is 10.6 Å². The van der Waals surface area contributed by atoms with E-state index in [-0.39, 0.29) is 17.2 Å². The second-order valence-corrected chi connectivity index (χ2v) is 6.03. The van der Waals surface area contributed by atoms with Gasteiger partial charge in [0.15, 0.2) is 6.04 Å². The van der Waals surface area contributed by atoms with E-state index in [4.69, 9.17) is 11.6 Å². The number of rotatable bonds is 5. The van der Waals surface area contributed by atoms with Gasteiger partial charge in [-0.15, -0.1) is 0 Å². The van der Waals surface area contributed by atoms with E-state index in [1.807, 2.05) is 6.92 Å². The van der Waals surface area contributed by atoms with Crippen LogP contribution in [0.3, 0.4) is 0 Å². The first kappa shape index (κ1) is 14.9. The average molecular weight is 296 g/mol. The maximum absolute atomic E-state index is 12.1. The number of carbonyl (C=O) groups is 2. The molecule has 3 unspecified atom stereocenters. The predicted molar refractivity (Wildman–Crippen MR) is 76.5 cm³/mol. The SMILES string of the molecule is CCC1(C)CC1C(=O)NC(C(=O)O)c1ccc(Cl)cc1. The van der Waals surface area contributed by atoms with Gasteiger partial charge in [-0.3, -0.25) is 4.79 Å². The molecule has 0 radical (unpaired) electrons. The number of nitrogens with one attached hydrogen (secondary N) is 1. The van der Waals surface area contributed by atoms with Crippen LogP contribution in [0.5, 0.6) is 0 Å². The molecule has 0 aliphatic heterocycles. The Morgan fingerprint density at radius 1 is 1.45 bits per heavy atom. The molecule has 0 spiro atoms. The number of amides is 1. The summed E-state index contributed by atoms with van der Waals surface area (Å²) in [6, 6.07) is 5.44. The van der Waals surface area contributed by atoms with E-state index in [0.717, 1.165) is 12.8 Å². The third-order valence-corrected chi connectivity index (χ3v) is 4.46. The normalized spacial score (nSPS) is 25.9. The molecule has 1 saturated carbocycles. The maximum atomic E-state index is 12.1. The molecule has 3 atom stereocenters. The fraction of sp³-hybridized carbons (Fsp3) is 0.467. The van der Waals surface area contributed by atoms with Crippen molar-refractivity contribution in [3.05, 3.63) is 34.9 Å². The van der Waals surface area contributed by atoms with Crippen molar-refractivity contribution in [3.8, 4) is 0 Å². The zero-order chi connectivity index (χ0) is 14.9. The Morgan fingerprint density at radius 3 is 2.50 bits per heavy atom. The van der Waals surface area contributed by atoms with Gasteiger partial charge in [-0.1, -0.05) is 37.6 Å². The van der Waals surface area contributed by atoms with E-state index < -0.39 is 12.0 Å². The van der Waals surface area contributed by atoms with Crippen LogP contribution >= 0.6 is 11.6 Å². The number of benzene rings is 1.